The zero-order valence-corrected chi connectivity index (χ0v) is 12.6. The molecule has 0 radical (unpaired) electrons. The molecule has 0 bridgehead atoms. The van der Waals surface area contributed by atoms with Crippen LogP contribution in [0.3, 0.4) is 0 Å². The van der Waals surface area contributed by atoms with E-state index in [1.54, 1.807) is 18.5 Å². The van der Waals surface area contributed by atoms with Crippen LogP contribution < -0.4 is 5.32 Å². The van der Waals surface area contributed by atoms with E-state index < -0.39 is 0 Å². The van der Waals surface area contributed by atoms with Gasteiger partial charge in [-0.05, 0) is 56.8 Å². The summed E-state index contributed by atoms with van der Waals surface area (Å²) in [5.41, 5.74) is 3.57. The second-order valence-electron chi connectivity index (χ2n) is 5.55. The molecule has 0 saturated heterocycles. The van der Waals surface area contributed by atoms with Gasteiger partial charge in [0.25, 0.3) is 0 Å². The van der Waals surface area contributed by atoms with Crippen molar-refractivity contribution in [1.82, 2.24) is 25.3 Å². The summed E-state index contributed by atoms with van der Waals surface area (Å²) in [7, 11) is 0. The third-order valence-electron chi connectivity index (χ3n) is 4.03. The zero-order valence-electron chi connectivity index (χ0n) is 12.6. The average Bonchev–Trinajstić information content (AvgIpc) is 2.54. The molecule has 1 aliphatic rings. The van der Waals surface area contributed by atoms with Crippen LogP contribution in [0.4, 0.5) is 0 Å². The molecule has 1 unspecified atom stereocenters. The van der Waals surface area contributed by atoms with Crippen molar-refractivity contribution >= 4 is 0 Å². The topological polar surface area (TPSA) is 63.6 Å². The summed E-state index contributed by atoms with van der Waals surface area (Å²) in [5.74, 6) is 1.95. The maximum absolute atomic E-state index is 4.70. The molecular weight excluding hydrogens is 262 g/mol. The largest absolute Gasteiger partial charge is 0.317 e. The van der Waals surface area contributed by atoms with Crippen LogP contribution in [0, 0.1) is 12.8 Å². The Morgan fingerprint density at radius 2 is 2.00 bits per heavy atom. The highest BCUT2D eigenvalue weighted by Crippen LogP contribution is 2.27. The molecule has 0 amide bonds. The number of aromatic nitrogens is 4. The fourth-order valence-corrected chi connectivity index (χ4v) is 2.90. The maximum atomic E-state index is 4.70. The third kappa shape index (κ3) is 3.08. The van der Waals surface area contributed by atoms with Crippen molar-refractivity contribution in [1.29, 1.82) is 0 Å². The molecule has 1 atom stereocenters. The summed E-state index contributed by atoms with van der Waals surface area (Å²) < 4.78 is 0. The molecule has 1 aliphatic carbocycles. The molecule has 5 heteroatoms. The van der Waals surface area contributed by atoms with Gasteiger partial charge in [-0.1, -0.05) is 6.92 Å². The normalized spacial score (nSPS) is 17.5. The second kappa shape index (κ2) is 6.26. The summed E-state index contributed by atoms with van der Waals surface area (Å²) in [4.78, 5) is 17.8. The molecule has 2 aromatic rings. The zero-order chi connectivity index (χ0) is 14.7. The van der Waals surface area contributed by atoms with E-state index in [4.69, 9.17) is 4.98 Å². The fraction of sp³-hybridized carbons (Fsp3) is 0.500. The van der Waals surface area contributed by atoms with Gasteiger partial charge in [0, 0.05) is 23.8 Å². The SMILES string of the molecule is CCNCC1CCc2nc(-c3ncccn3)nc(C)c2C1. The van der Waals surface area contributed by atoms with Crippen molar-refractivity contribution in [2.75, 3.05) is 13.1 Å². The van der Waals surface area contributed by atoms with E-state index in [1.165, 1.54) is 17.7 Å². The van der Waals surface area contributed by atoms with Crippen molar-refractivity contribution < 1.29 is 0 Å². The van der Waals surface area contributed by atoms with Crippen molar-refractivity contribution in [2.45, 2.75) is 33.1 Å². The van der Waals surface area contributed by atoms with Crippen LogP contribution >= 0.6 is 0 Å². The monoisotopic (exact) mass is 283 g/mol. The van der Waals surface area contributed by atoms with Gasteiger partial charge in [0.2, 0.25) is 0 Å². The van der Waals surface area contributed by atoms with Gasteiger partial charge < -0.3 is 5.32 Å². The molecule has 2 heterocycles. The van der Waals surface area contributed by atoms with E-state index in [0.29, 0.717) is 17.6 Å². The minimum Gasteiger partial charge on any atom is -0.317 e. The predicted octanol–water partition coefficient (Wildman–Crippen LogP) is 1.96. The van der Waals surface area contributed by atoms with Gasteiger partial charge in [-0.3, -0.25) is 0 Å². The van der Waals surface area contributed by atoms with Gasteiger partial charge >= 0.3 is 0 Å². The molecule has 21 heavy (non-hydrogen) atoms. The first-order valence-corrected chi connectivity index (χ1v) is 7.62. The summed E-state index contributed by atoms with van der Waals surface area (Å²) in [6.07, 6.45) is 6.74. The second-order valence-corrected chi connectivity index (χ2v) is 5.55. The van der Waals surface area contributed by atoms with E-state index >= 15 is 0 Å². The molecule has 110 valence electrons. The van der Waals surface area contributed by atoms with Crippen molar-refractivity contribution in [3.8, 4) is 11.6 Å². The quantitative estimate of drug-likeness (QED) is 0.929. The number of hydrogen-bond acceptors (Lipinski definition) is 5. The van der Waals surface area contributed by atoms with Crippen LogP contribution in [-0.4, -0.2) is 33.0 Å². The van der Waals surface area contributed by atoms with Crippen LogP contribution in [-0.2, 0) is 12.8 Å². The molecule has 0 spiro atoms. The lowest BCUT2D eigenvalue weighted by Crippen LogP contribution is -2.28. The molecule has 0 saturated carbocycles. The average molecular weight is 283 g/mol. The lowest BCUT2D eigenvalue weighted by atomic mass is 9.85. The number of nitrogens with zero attached hydrogens (tertiary/aromatic N) is 4. The van der Waals surface area contributed by atoms with Crippen LogP contribution in [0.2, 0.25) is 0 Å². The molecule has 1 N–H and O–H groups in total. The van der Waals surface area contributed by atoms with Crippen LogP contribution in [0.1, 0.15) is 30.3 Å². The summed E-state index contributed by atoms with van der Waals surface area (Å²) in [5, 5.41) is 3.44. The first-order valence-electron chi connectivity index (χ1n) is 7.62. The van der Waals surface area contributed by atoms with E-state index in [9.17, 15) is 0 Å². The van der Waals surface area contributed by atoms with E-state index in [-0.39, 0.29) is 0 Å². The van der Waals surface area contributed by atoms with Crippen LogP contribution in [0.25, 0.3) is 11.6 Å². The minimum absolute atomic E-state index is 0.609. The molecular formula is C16H21N5. The van der Waals surface area contributed by atoms with Gasteiger partial charge in [0.15, 0.2) is 11.6 Å². The van der Waals surface area contributed by atoms with E-state index in [2.05, 4.69) is 34.1 Å². The number of fused-ring (bicyclic) bond motifs is 1. The predicted molar refractivity (Wildman–Crippen MR) is 81.9 cm³/mol. The van der Waals surface area contributed by atoms with Crippen molar-refractivity contribution in [3.05, 3.63) is 35.4 Å². The number of rotatable bonds is 4. The van der Waals surface area contributed by atoms with Gasteiger partial charge in [0.05, 0.1) is 0 Å². The molecule has 0 aromatic carbocycles. The minimum atomic E-state index is 0.609. The molecule has 0 aliphatic heterocycles. The Bertz CT molecular complexity index is 612. The molecule has 5 nitrogen and oxygen atoms in total. The van der Waals surface area contributed by atoms with Crippen molar-refractivity contribution in [3.63, 3.8) is 0 Å². The maximum Gasteiger partial charge on any atom is 0.198 e. The smallest absolute Gasteiger partial charge is 0.198 e. The Morgan fingerprint density at radius 3 is 2.76 bits per heavy atom. The van der Waals surface area contributed by atoms with E-state index in [1.807, 2.05) is 0 Å². The Labute approximate surface area is 125 Å². The lowest BCUT2D eigenvalue weighted by Gasteiger charge is -2.25. The number of aryl methyl sites for hydroxylation is 2. The van der Waals surface area contributed by atoms with Crippen LogP contribution in [0.5, 0.6) is 0 Å². The Morgan fingerprint density at radius 1 is 1.19 bits per heavy atom. The highest BCUT2D eigenvalue weighted by Gasteiger charge is 2.23. The fourth-order valence-electron chi connectivity index (χ4n) is 2.90. The van der Waals surface area contributed by atoms with Crippen molar-refractivity contribution in [2.24, 2.45) is 5.92 Å². The first-order chi connectivity index (χ1) is 10.3. The number of nitrogens with one attached hydrogen (secondary N) is 1. The lowest BCUT2D eigenvalue weighted by molar-refractivity contribution is 0.423. The summed E-state index contributed by atoms with van der Waals surface area (Å²) >= 11 is 0. The summed E-state index contributed by atoms with van der Waals surface area (Å²) in [6.45, 7) is 6.34. The Hall–Kier alpha value is -1.88. The standard InChI is InChI=1S/C16H21N5/c1-3-17-10-12-5-6-14-13(9-12)11(2)20-16(21-14)15-18-7-4-8-19-15/h4,7-8,12,17H,3,5-6,9-10H2,1-2H3. The Kier molecular flexibility index (Phi) is 4.20. The van der Waals surface area contributed by atoms with Gasteiger partial charge in [0.1, 0.15) is 0 Å². The first kappa shape index (κ1) is 14.1. The summed E-state index contributed by atoms with van der Waals surface area (Å²) in [6, 6.07) is 1.81. The molecule has 2 aromatic heterocycles. The number of hydrogen-bond donors (Lipinski definition) is 1. The van der Waals surface area contributed by atoms with Gasteiger partial charge in [-0.15, -0.1) is 0 Å². The van der Waals surface area contributed by atoms with Crippen LogP contribution in [0.15, 0.2) is 18.5 Å². The molecule has 3 rings (SSSR count). The highest BCUT2D eigenvalue weighted by atomic mass is 15.0. The highest BCUT2D eigenvalue weighted by molar-refractivity contribution is 5.45. The Balaban J connectivity index is 1.87. The third-order valence-corrected chi connectivity index (χ3v) is 4.03. The van der Waals surface area contributed by atoms with E-state index in [0.717, 1.165) is 31.6 Å². The van der Waals surface area contributed by atoms with Gasteiger partial charge in [-0.2, -0.15) is 0 Å². The molecule has 0 fully saturated rings. The van der Waals surface area contributed by atoms with Gasteiger partial charge in [-0.25, -0.2) is 19.9 Å².